The second-order valence-corrected chi connectivity index (χ2v) is 9.20. The summed E-state index contributed by atoms with van der Waals surface area (Å²) in [6, 6.07) is 5.85. The third-order valence-electron chi connectivity index (χ3n) is 5.08. The lowest BCUT2D eigenvalue weighted by atomic mass is 10.0. The number of aromatic nitrogens is 1. The molecule has 3 rings (SSSR count). The molecule has 1 aliphatic rings. The van der Waals surface area contributed by atoms with Crippen LogP contribution in [0.15, 0.2) is 28.9 Å². The van der Waals surface area contributed by atoms with E-state index in [1.807, 2.05) is 26.0 Å². The van der Waals surface area contributed by atoms with Crippen LogP contribution in [0.5, 0.6) is 0 Å². The van der Waals surface area contributed by atoms with Crippen LogP contribution < -0.4 is 10.0 Å². The summed E-state index contributed by atoms with van der Waals surface area (Å²) in [7, 11) is -4.01. The standard InChI is InChI=1S/C20H28N4O5S/c1-5-16-11-28-9-8-24(16)30(26,27)23-19(25)18-12-29-20(22-18)21-17-10-15(13(2)3)7-6-14(17)4/h6-7,10,12-13,16H,5,8-9,11H2,1-4H3,(H,21,22)(H,23,25). The van der Waals surface area contributed by atoms with Gasteiger partial charge < -0.3 is 14.5 Å². The number of amides is 1. The maximum absolute atomic E-state index is 12.6. The lowest BCUT2D eigenvalue weighted by molar-refractivity contribution is 0.0308. The zero-order valence-corrected chi connectivity index (χ0v) is 18.5. The van der Waals surface area contributed by atoms with Gasteiger partial charge >= 0.3 is 10.2 Å². The topological polar surface area (TPSA) is 114 Å². The summed E-state index contributed by atoms with van der Waals surface area (Å²) in [5.74, 6) is -0.491. The van der Waals surface area contributed by atoms with Gasteiger partial charge in [-0.25, -0.2) is 4.72 Å². The summed E-state index contributed by atoms with van der Waals surface area (Å²) < 4.78 is 39.3. The van der Waals surface area contributed by atoms with E-state index in [0.29, 0.717) is 25.6 Å². The first-order chi connectivity index (χ1) is 14.2. The van der Waals surface area contributed by atoms with Crippen LogP contribution in [0.1, 0.15) is 54.7 Å². The normalized spacial score (nSPS) is 17.8. The van der Waals surface area contributed by atoms with Gasteiger partial charge in [-0.2, -0.15) is 17.7 Å². The van der Waals surface area contributed by atoms with E-state index in [1.54, 1.807) is 0 Å². The first-order valence-electron chi connectivity index (χ1n) is 9.96. The van der Waals surface area contributed by atoms with Crippen LogP contribution in [0.25, 0.3) is 0 Å². The summed E-state index contributed by atoms with van der Waals surface area (Å²) >= 11 is 0. The highest BCUT2D eigenvalue weighted by Crippen LogP contribution is 2.25. The molecule has 1 aromatic carbocycles. The molecule has 9 nitrogen and oxygen atoms in total. The number of morpholine rings is 1. The monoisotopic (exact) mass is 436 g/mol. The van der Waals surface area contributed by atoms with Gasteiger partial charge in [-0.05, 0) is 36.5 Å². The molecular formula is C20H28N4O5S. The third-order valence-corrected chi connectivity index (χ3v) is 6.62. The molecule has 1 atom stereocenters. The molecule has 1 unspecified atom stereocenters. The number of hydrogen-bond acceptors (Lipinski definition) is 7. The average Bonchev–Trinajstić information content (AvgIpc) is 3.18. The van der Waals surface area contributed by atoms with Crippen LogP contribution in [-0.4, -0.2) is 49.4 Å². The van der Waals surface area contributed by atoms with Crippen LogP contribution in [0.3, 0.4) is 0 Å². The van der Waals surface area contributed by atoms with Crippen molar-refractivity contribution < 1.29 is 22.4 Å². The number of carbonyl (C=O) groups excluding carboxylic acids is 1. The van der Waals surface area contributed by atoms with Crippen molar-refractivity contribution in [1.29, 1.82) is 0 Å². The number of nitrogens with zero attached hydrogens (tertiary/aromatic N) is 2. The molecule has 1 fully saturated rings. The Bertz CT molecular complexity index is 1000. The Morgan fingerprint density at radius 3 is 2.83 bits per heavy atom. The number of carbonyl (C=O) groups is 1. The van der Waals surface area contributed by atoms with E-state index in [1.165, 1.54) is 4.31 Å². The van der Waals surface area contributed by atoms with Gasteiger partial charge in [0, 0.05) is 18.3 Å². The van der Waals surface area contributed by atoms with Crippen LogP contribution in [0.4, 0.5) is 11.7 Å². The molecule has 0 bridgehead atoms. The Morgan fingerprint density at radius 2 is 2.13 bits per heavy atom. The van der Waals surface area contributed by atoms with Crippen molar-refractivity contribution in [2.75, 3.05) is 25.1 Å². The Labute approximate surface area is 177 Å². The molecule has 0 radical (unpaired) electrons. The van der Waals surface area contributed by atoms with Crippen molar-refractivity contribution in [3.63, 3.8) is 0 Å². The van der Waals surface area contributed by atoms with Gasteiger partial charge in [-0.1, -0.05) is 32.9 Å². The van der Waals surface area contributed by atoms with Gasteiger partial charge in [0.2, 0.25) is 0 Å². The molecule has 0 aliphatic carbocycles. The summed E-state index contributed by atoms with van der Waals surface area (Å²) in [5, 5.41) is 3.05. The van der Waals surface area contributed by atoms with Gasteiger partial charge in [0.1, 0.15) is 6.26 Å². The molecule has 1 aliphatic heterocycles. The van der Waals surface area contributed by atoms with E-state index in [2.05, 4.69) is 34.9 Å². The van der Waals surface area contributed by atoms with Crippen LogP contribution in [0, 0.1) is 6.92 Å². The number of hydrogen-bond donors (Lipinski definition) is 2. The molecule has 2 heterocycles. The van der Waals surface area contributed by atoms with E-state index < -0.39 is 16.1 Å². The van der Waals surface area contributed by atoms with E-state index in [-0.39, 0.29) is 24.3 Å². The quantitative estimate of drug-likeness (QED) is 0.686. The second-order valence-electron chi connectivity index (χ2n) is 7.58. The lowest BCUT2D eigenvalue weighted by Crippen LogP contribution is -2.53. The molecule has 0 spiro atoms. The van der Waals surface area contributed by atoms with Crippen molar-refractivity contribution >= 4 is 27.8 Å². The Kier molecular flexibility index (Phi) is 6.79. The maximum atomic E-state index is 12.6. The largest absolute Gasteiger partial charge is 0.431 e. The van der Waals surface area contributed by atoms with E-state index >= 15 is 0 Å². The molecule has 1 saturated heterocycles. The highest BCUT2D eigenvalue weighted by Gasteiger charge is 2.33. The minimum absolute atomic E-state index is 0.111. The van der Waals surface area contributed by atoms with E-state index in [4.69, 9.17) is 9.15 Å². The molecule has 0 saturated carbocycles. The van der Waals surface area contributed by atoms with Gasteiger partial charge in [0.25, 0.3) is 11.9 Å². The number of ether oxygens (including phenoxy) is 1. The smallest absolute Gasteiger partial charge is 0.304 e. The van der Waals surface area contributed by atoms with Gasteiger partial charge in [0.15, 0.2) is 5.69 Å². The number of aryl methyl sites for hydroxylation is 1. The van der Waals surface area contributed by atoms with Crippen LogP contribution >= 0.6 is 0 Å². The third kappa shape index (κ3) is 5.00. The molecule has 2 aromatic rings. The highest BCUT2D eigenvalue weighted by molar-refractivity contribution is 7.87. The van der Waals surface area contributed by atoms with Crippen LogP contribution in [0.2, 0.25) is 0 Å². The average molecular weight is 437 g/mol. The summed E-state index contributed by atoms with van der Waals surface area (Å²) in [4.78, 5) is 16.6. The predicted molar refractivity (Wildman–Crippen MR) is 113 cm³/mol. The molecule has 1 aromatic heterocycles. The molecule has 1 amide bonds. The van der Waals surface area contributed by atoms with Crippen molar-refractivity contribution in [2.24, 2.45) is 0 Å². The summed E-state index contributed by atoms with van der Waals surface area (Å²) in [5.41, 5.74) is 2.82. The fourth-order valence-corrected chi connectivity index (χ4v) is 4.56. The minimum Gasteiger partial charge on any atom is -0.431 e. The minimum atomic E-state index is -4.01. The first kappa shape index (κ1) is 22.3. The predicted octanol–water partition coefficient (Wildman–Crippen LogP) is 2.94. The molecule has 164 valence electrons. The van der Waals surface area contributed by atoms with Crippen LogP contribution in [-0.2, 0) is 14.9 Å². The molecular weight excluding hydrogens is 408 g/mol. The highest BCUT2D eigenvalue weighted by atomic mass is 32.2. The molecule has 10 heteroatoms. The summed E-state index contributed by atoms with van der Waals surface area (Å²) in [6.07, 6.45) is 1.72. The second kappa shape index (κ2) is 9.15. The van der Waals surface area contributed by atoms with Crippen molar-refractivity contribution in [3.05, 3.63) is 41.3 Å². The van der Waals surface area contributed by atoms with Crippen molar-refractivity contribution in [3.8, 4) is 0 Å². The van der Waals surface area contributed by atoms with Gasteiger partial charge in [-0.15, -0.1) is 0 Å². The Hall–Kier alpha value is -2.43. The zero-order chi connectivity index (χ0) is 21.9. The molecule has 30 heavy (non-hydrogen) atoms. The molecule has 2 N–H and O–H groups in total. The maximum Gasteiger partial charge on any atom is 0.304 e. The van der Waals surface area contributed by atoms with E-state index in [9.17, 15) is 13.2 Å². The zero-order valence-electron chi connectivity index (χ0n) is 17.6. The van der Waals surface area contributed by atoms with Gasteiger partial charge in [-0.3, -0.25) is 4.79 Å². The van der Waals surface area contributed by atoms with Gasteiger partial charge in [0.05, 0.1) is 13.2 Å². The fourth-order valence-electron chi connectivity index (χ4n) is 3.19. The fraction of sp³-hybridized carbons (Fsp3) is 0.500. The number of benzene rings is 1. The summed E-state index contributed by atoms with van der Waals surface area (Å²) in [6.45, 7) is 8.80. The first-order valence-corrected chi connectivity index (χ1v) is 11.4. The number of nitrogens with one attached hydrogen (secondary N) is 2. The Balaban J connectivity index is 1.71. The number of anilines is 2. The lowest BCUT2D eigenvalue weighted by Gasteiger charge is -2.33. The van der Waals surface area contributed by atoms with Crippen molar-refractivity contribution in [2.45, 2.75) is 46.1 Å². The SMILES string of the molecule is CCC1COCCN1S(=O)(=O)NC(=O)c1coc(Nc2cc(C(C)C)ccc2C)n1. The Morgan fingerprint density at radius 1 is 1.37 bits per heavy atom. The number of oxazole rings is 1. The number of rotatable bonds is 7. The van der Waals surface area contributed by atoms with E-state index in [0.717, 1.165) is 23.1 Å². The van der Waals surface area contributed by atoms with Crippen molar-refractivity contribution in [1.82, 2.24) is 14.0 Å².